The van der Waals surface area contributed by atoms with Crippen molar-refractivity contribution in [1.29, 1.82) is 0 Å². The lowest BCUT2D eigenvalue weighted by Crippen LogP contribution is -2.10. The molecule has 1 atom stereocenters. The van der Waals surface area contributed by atoms with Crippen molar-refractivity contribution in [2.45, 2.75) is 19.9 Å². The molecule has 0 saturated heterocycles. The number of thiazole rings is 1. The van der Waals surface area contributed by atoms with Crippen LogP contribution in [-0.2, 0) is 0 Å². The van der Waals surface area contributed by atoms with Crippen LogP contribution in [0.1, 0.15) is 23.7 Å². The molecule has 1 heterocycles. The molecule has 1 N–H and O–H groups in total. The Hall–Kier alpha value is -2.09. The van der Waals surface area contributed by atoms with E-state index in [0.717, 1.165) is 17.8 Å². The Balaban J connectivity index is 2.37. The monoisotopic (exact) mass is 299 g/mol. The van der Waals surface area contributed by atoms with Crippen LogP contribution in [0.3, 0.4) is 0 Å². The molecule has 0 radical (unpaired) electrons. The smallest absolute Gasteiger partial charge is 0.295 e. The number of nitro benzene ring substituents is 1. The molecular formula is C12H11F2N3O2S. The van der Waals surface area contributed by atoms with Gasteiger partial charge < -0.3 is 5.32 Å². The second-order valence-corrected chi connectivity index (χ2v) is 5.10. The van der Waals surface area contributed by atoms with Gasteiger partial charge in [-0.3, -0.25) is 10.1 Å². The summed E-state index contributed by atoms with van der Waals surface area (Å²) in [6.45, 7) is 3.48. The standard InChI is InChI=1S/C12H11F2N3O2S/c1-6-5-20-12(15-6)7(2)16-11-9(17(18)19)4-3-8(13)10(11)14/h3-5,7,16H,1-2H3. The molecule has 2 rings (SSSR count). The Kier molecular flexibility index (Phi) is 3.93. The molecule has 0 bridgehead atoms. The highest BCUT2D eigenvalue weighted by atomic mass is 32.1. The Morgan fingerprint density at radius 3 is 2.70 bits per heavy atom. The average Bonchev–Trinajstić information content (AvgIpc) is 2.81. The van der Waals surface area contributed by atoms with Crippen molar-refractivity contribution in [2.24, 2.45) is 0 Å². The minimum absolute atomic E-state index is 0.463. The van der Waals surface area contributed by atoms with Crippen LogP contribution >= 0.6 is 11.3 Å². The first-order valence-electron chi connectivity index (χ1n) is 5.71. The van der Waals surface area contributed by atoms with E-state index in [9.17, 15) is 18.9 Å². The molecule has 1 aromatic heterocycles. The minimum atomic E-state index is -1.26. The Labute approximate surface area is 117 Å². The number of hydrogen-bond donors (Lipinski definition) is 1. The van der Waals surface area contributed by atoms with Crippen molar-refractivity contribution >= 4 is 22.7 Å². The molecule has 2 aromatic rings. The van der Waals surface area contributed by atoms with Gasteiger partial charge in [-0.05, 0) is 19.9 Å². The Morgan fingerprint density at radius 1 is 1.45 bits per heavy atom. The maximum Gasteiger partial charge on any atom is 0.295 e. The van der Waals surface area contributed by atoms with E-state index in [4.69, 9.17) is 0 Å². The van der Waals surface area contributed by atoms with Crippen LogP contribution in [0.15, 0.2) is 17.5 Å². The van der Waals surface area contributed by atoms with Gasteiger partial charge in [-0.25, -0.2) is 13.8 Å². The number of nitrogens with zero attached hydrogens (tertiary/aromatic N) is 2. The Morgan fingerprint density at radius 2 is 2.15 bits per heavy atom. The van der Waals surface area contributed by atoms with E-state index in [2.05, 4.69) is 10.3 Å². The molecule has 1 aromatic carbocycles. The summed E-state index contributed by atoms with van der Waals surface area (Å²) in [6.07, 6.45) is 0. The largest absolute Gasteiger partial charge is 0.368 e. The maximum atomic E-state index is 13.7. The number of benzene rings is 1. The highest BCUT2D eigenvalue weighted by molar-refractivity contribution is 7.09. The zero-order valence-electron chi connectivity index (χ0n) is 10.7. The van der Waals surface area contributed by atoms with Gasteiger partial charge in [0.15, 0.2) is 17.3 Å². The zero-order valence-corrected chi connectivity index (χ0v) is 11.5. The average molecular weight is 299 g/mol. The summed E-state index contributed by atoms with van der Waals surface area (Å²) in [5, 5.41) is 15.9. The number of nitrogens with one attached hydrogen (secondary N) is 1. The van der Waals surface area contributed by atoms with Crippen LogP contribution in [0.4, 0.5) is 20.2 Å². The highest BCUT2D eigenvalue weighted by Gasteiger charge is 2.23. The molecule has 106 valence electrons. The van der Waals surface area contributed by atoms with E-state index in [1.807, 2.05) is 5.38 Å². The molecule has 0 fully saturated rings. The van der Waals surface area contributed by atoms with E-state index < -0.39 is 34.0 Å². The predicted octanol–water partition coefficient (Wildman–Crippen LogP) is 3.81. The van der Waals surface area contributed by atoms with Crippen LogP contribution in [-0.4, -0.2) is 9.91 Å². The summed E-state index contributed by atoms with van der Waals surface area (Å²) in [6, 6.07) is 1.20. The van der Waals surface area contributed by atoms with Gasteiger partial charge in [0.1, 0.15) is 5.01 Å². The Bertz CT molecular complexity index is 660. The topological polar surface area (TPSA) is 68.1 Å². The fourth-order valence-electron chi connectivity index (χ4n) is 1.68. The molecule has 0 aliphatic carbocycles. The number of aromatic nitrogens is 1. The number of aryl methyl sites for hydroxylation is 1. The number of halogens is 2. The lowest BCUT2D eigenvalue weighted by Gasteiger charge is -2.13. The predicted molar refractivity (Wildman–Crippen MR) is 71.9 cm³/mol. The van der Waals surface area contributed by atoms with E-state index in [1.54, 1.807) is 13.8 Å². The van der Waals surface area contributed by atoms with Gasteiger partial charge in [-0.1, -0.05) is 0 Å². The number of hydrogen-bond acceptors (Lipinski definition) is 5. The minimum Gasteiger partial charge on any atom is -0.368 e. The summed E-state index contributed by atoms with van der Waals surface area (Å²) in [4.78, 5) is 14.3. The molecule has 0 saturated carbocycles. The first kappa shape index (κ1) is 14.3. The normalized spacial score (nSPS) is 12.2. The molecule has 0 amide bonds. The van der Waals surface area contributed by atoms with Crippen molar-refractivity contribution in [3.05, 3.63) is 50.0 Å². The molecule has 0 spiro atoms. The molecule has 8 heteroatoms. The van der Waals surface area contributed by atoms with E-state index in [1.165, 1.54) is 11.3 Å². The van der Waals surface area contributed by atoms with Gasteiger partial charge in [0.05, 0.1) is 11.0 Å². The third-order valence-electron chi connectivity index (χ3n) is 2.64. The first-order chi connectivity index (χ1) is 9.40. The van der Waals surface area contributed by atoms with E-state index >= 15 is 0 Å². The fraction of sp³-hybridized carbons (Fsp3) is 0.250. The molecule has 20 heavy (non-hydrogen) atoms. The van der Waals surface area contributed by atoms with Crippen LogP contribution in [0, 0.1) is 28.7 Å². The molecule has 5 nitrogen and oxygen atoms in total. The lowest BCUT2D eigenvalue weighted by molar-refractivity contribution is -0.384. The van der Waals surface area contributed by atoms with Crippen molar-refractivity contribution in [1.82, 2.24) is 4.98 Å². The molecular weight excluding hydrogens is 288 g/mol. The van der Waals surface area contributed by atoms with Crippen LogP contribution in [0.25, 0.3) is 0 Å². The van der Waals surface area contributed by atoms with Gasteiger partial charge in [0, 0.05) is 17.1 Å². The van der Waals surface area contributed by atoms with Crippen LogP contribution in [0.2, 0.25) is 0 Å². The quantitative estimate of drug-likeness (QED) is 0.688. The van der Waals surface area contributed by atoms with Gasteiger partial charge in [-0.15, -0.1) is 11.3 Å². The zero-order chi connectivity index (χ0) is 14.9. The van der Waals surface area contributed by atoms with Crippen LogP contribution < -0.4 is 5.32 Å². The van der Waals surface area contributed by atoms with Crippen molar-refractivity contribution in [2.75, 3.05) is 5.32 Å². The SMILES string of the molecule is Cc1csc(C(C)Nc2c([N+](=O)[O-])ccc(F)c2F)n1. The number of anilines is 1. The third-order valence-corrected chi connectivity index (χ3v) is 3.78. The fourth-order valence-corrected chi connectivity index (χ4v) is 2.48. The third kappa shape index (κ3) is 2.74. The van der Waals surface area contributed by atoms with Crippen LogP contribution in [0.5, 0.6) is 0 Å². The van der Waals surface area contributed by atoms with Gasteiger partial charge in [0.2, 0.25) is 0 Å². The second-order valence-electron chi connectivity index (χ2n) is 4.21. The van der Waals surface area contributed by atoms with Crippen molar-refractivity contribution in [3.8, 4) is 0 Å². The number of rotatable bonds is 4. The second kappa shape index (κ2) is 5.49. The molecule has 1 unspecified atom stereocenters. The lowest BCUT2D eigenvalue weighted by atomic mass is 10.2. The van der Waals surface area contributed by atoms with E-state index in [-0.39, 0.29) is 0 Å². The maximum absolute atomic E-state index is 13.7. The van der Waals surface area contributed by atoms with Gasteiger partial charge in [-0.2, -0.15) is 0 Å². The van der Waals surface area contributed by atoms with E-state index in [0.29, 0.717) is 5.01 Å². The van der Waals surface area contributed by atoms with Gasteiger partial charge >= 0.3 is 0 Å². The number of nitro groups is 1. The summed E-state index contributed by atoms with van der Waals surface area (Å²) in [5.74, 6) is -2.40. The van der Waals surface area contributed by atoms with Gasteiger partial charge in [0.25, 0.3) is 5.69 Å². The van der Waals surface area contributed by atoms with Crippen molar-refractivity contribution < 1.29 is 13.7 Å². The highest BCUT2D eigenvalue weighted by Crippen LogP contribution is 2.32. The summed E-state index contributed by atoms with van der Waals surface area (Å²) >= 11 is 1.34. The summed E-state index contributed by atoms with van der Waals surface area (Å²) in [7, 11) is 0. The molecule has 0 aliphatic rings. The molecule has 0 aliphatic heterocycles. The first-order valence-corrected chi connectivity index (χ1v) is 6.59. The summed E-state index contributed by atoms with van der Waals surface area (Å²) in [5.41, 5.74) is -0.174. The van der Waals surface area contributed by atoms with Crippen molar-refractivity contribution in [3.63, 3.8) is 0 Å². The summed E-state index contributed by atoms with van der Waals surface area (Å²) < 4.78 is 27.0.